The molecular weight excluding hydrogens is 156 g/mol. The lowest BCUT2D eigenvalue weighted by molar-refractivity contribution is 0.0593. The Kier molecular flexibility index (Phi) is 1.60. The third kappa shape index (κ3) is 0.913. The third-order valence-electron chi connectivity index (χ3n) is 2.14. The van der Waals surface area contributed by atoms with Gasteiger partial charge in [0.05, 0.1) is 19.1 Å². The number of carbonyl (C=O) groups excluding carboxylic acids is 1. The molecule has 1 aliphatic rings. The average molecular weight is 166 g/mol. The zero-order valence-corrected chi connectivity index (χ0v) is 6.91. The number of esters is 1. The molecule has 0 aliphatic carbocycles. The number of carbonyl (C=O) groups is 1. The van der Waals surface area contributed by atoms with Crippen LogP contribution in [-0.2, 0) is 17.7 Å². The molecule has 0 atom stereocenters. The minimum absolute atomic E-state index is 0.328. The standard InChI is InChI=1S/C8H10N2O2/c1-12-8(11)7-6-3-2-4-10(6)5-9-7/h5H,2-4H2,1H3. The number of nitrogens with zero attached hydrogens (tertiary/aromatic N) is 2. The zero-order valence-electron chi connectivity index (χ0n) is 6.91. The van der Waals surface area contributed by atoms with Crippen LogP contribution in [0.3, 0.4) is 0 Å². The molecule has 0 saturated heterocycles. The molecule has 0 aromatic carbocycles. The number of aromatic nitrogens is 2. The first-order valence-electron chi connectivity index (χ1n) is 3.95. The van der Waals surface area contributed by atoms with E-state index >= 15 is 0 Å². The summed E-state index contributed by atoms with van der Waals surface area (Å²) in [5.74, 6) is -0.328. The number of methoxy groups -OCH3 is 1. The number of hydrogen-bond acceptors (Lipinski definition) is 3. The van der Waals surface area contributed by atoms with Gasteiger partial charge < -0.3 is 9.30 Å². The molecule has 0 fully saturated rings. The highest BCUT2D eigenvalue weighted by Crippen LogP contribution is 2.18. The molecule has 0 radical (unpaired) electrons. The van der Waals surface area contributed by atoms with Crippen molar-refractivity contribution in [1.82, 2.24) is 9.55 Å². The van der Waals surface area contributed by atoms with Crippen molar-refractivity contribution in [3.63, 3.8) is 0 Å². The second kappa shape index (κ2) is 2.62. The summed E-state index contributed by atoms with van der Waals surface area (Å²) in [6, 6.07) is 0. The summed E-state index contributed by atoms with van der Waals surface area (Å²) in [6.07, 6.45) is 3.74. The number of fused-ring (bicyclic) bond motifs is 1. The predicted molar refractivity (Wildman–Crippen MR) is 41.9 cm³/mol. The molecular formula is C8H10N2O2. The number of hydrogen-bond donors (Lipinski definition) is 0. The van der Waals surface area contributed by atoms with Gasteiger partial charge in [-0.15, -0.1) is 0 Å². The Morgan fingerprint density at radius 2 is 2.58 bits per heavy atom. The zero-order chi connectivity index (χ0) is 8.55. The van der Waals surface area contributed by atoms with Crippen LogP contribution in [0.5, 0.6) is 0 Å². The van der Waals surface area contributed by atoms with E-state index in [1.54, 1.807) is 6.33 Å². The monoisotopic (exact) mass is 166 g/mol. The van der Waals surface area contributed by atoms with E-state index in [4.69, 9.17) is 0 Å². The largest absolute Gasteiger partial charge is 0.464 e. The van der Waals surface area contributed by atoms with E-state index in [1.165, 1.54) is 7.11 Å². The molecule has 12 heavy (non-hydrogen) atoms. The topological polar surface area (TPSA) is 44.1 Å². The molecule has 0 N–H and O–H groups in total. The van der Waals surface area contributed by atoms with E-state index in [9.17, 15) is 4.79 Å². The van der Waals surface area contributed by atoms with Crippen LogP contribution in [0.25, 0.3) is 0 Å². The smallest absolute Gasteiger partial charge is 0.358 e. The van der Waals surface area contributed by atoms with E-state index in [0.29, 0.717) is 5.69 Å². The minimum atomic E-state index is -0.328. The molecule has 1 aliphatic heterocycles. The summed E-state index contributed by atoms with van der Waals surface area (Å²) in [4.78, 5) is 15.1. The SMILES string of the molecule is COC(=O)c1ncn2c1CCC2. The van der Waals surface area contributed by atoms with Crippen molar-refractivity contribution in [2.24, 2.45) is 0 Å². The van der Waals surface area contributed by atoms with Crippen LogP contribution in [0.15, 0.2) is 6.33 Å². The van der Waals surface area contributed by atoms with Gasteiger partial charge in [0.2, 0.25) is 0 Å². The highest BCUT2D eigenvalue weighted by atomic mass is 16.5. The van der Waals surface area contributed by atoms with Gasteiger partial charge in [-0.1, -0.05) is 0 Å². The average Bonchev–Trinajstić information content (AvgIpc) is 2.62. The number of ether oxygens (including phenoxy) is 1. The van der Waals surface area contributed by atoms with E-state index < -0.39 is 0 Å². The van der Waals surface area contributed by atoms with Crippen molar-refractivity contribution in [1.29, 1.82) is 0 Å². The van der Waals surface area contributed by atoms with Crippen LogP contribution in [0.4, 0.5) is 0 Å². The van der Waals surface area contributed by atoms with Gasteiger partial charge in [0.15, 0.2) is 5.69 Å². The fraction of sp³-hybridized carbons (Fsp3) is 0.500. The second-order valence-corrected chi connectivity index (χ2v) is 2.83. The lowest BCUT2D eigenvalue weighted by Gasteiger charge is -1.96. The van der Waals surface area contributed by atoms with Crippen LogP contribution in [0, 0.1) is 0 Å². The molecule has 0 spiro atoms. The van der Waals surface area contributed by atoms with Crippen LogP contribution in [-0.4, -0.2) is 22.6 Å². The summed E-state index contributed by atoms with van der Waals surface area (Å²) < 4.78 is 6.61. The van der Waals surface area contributed by atoms with Gasteiger partial charge >= 0.3 is 5.97 Å². The maximum atomic E-state index is 11.1. The number of rotatable bonds is 1. The Hall–Kier alpha value is -1.32. The first-order chi connectivity index (χ1) is 5.83. The fourth-order valence-electron chi connectivity index (χ4n) is 1.55. The lowest BCUT2D eigenvalue weighted by Crippen LogP contribution is -2.04. The quantitative estimate of drug-likeness (QED) is 0.574. The van der Waals surface area contributed by atoms with Crippen molar-refractivity contribution >= 4 is 5.97 Å². The normalized spacial score (nSPS) is 14.4. The molecule has 4 nitrogen and oxygen atoms in total. The molecule has 0 bridgehead atoms. The predicted octanol–water partition coefficient (Wildman–Crippen LogP) is 0.616. The maximum absolute atomic E-state index is 11.1. The molecule has 4 heteroatoms. The molecule has 2 rings (SSSR count). The van der Waals surface area contributed by atoms with E-state index in [1.807, 2.05) is 4.57 Å². The molecule has 1 aromatic heterocycles. The summed E-state index contributed by atoms with van der Waals surface area (Å²) in [5.41, 5.74) is 1.50. The Balaban J connectivity index is 2.39. The Labute approximate surface area is 70.2 Å². The first kappa shape index (κ1) is 7.34. The Bertz CT molecular complexity index is 317. The van der Waals surface area contributed by atoms with Gasteiger partial charge in [-0.05, 0) is 12.8 Å². The van der Waals surface area contributed by atoms with E-state index in [0.717, 1.165) is 25.1 Å². The van der Waals surface area contributed by atoms with Crippen molar-refractivity contribution in [3.8, 4) is 0 Å². The lowest BCUT2D eigenvalue weighted by atomic mass is 10.2. The molecule has 2 heterocycles. The van der Waals surface area contributed by atoms with Crippen LogP contribution >= 0.6 is 0 Å². The minimum Gasteiger partial charge on any atom is -0.464 e. The van der Waals surface area contributed by atoms with Gasteiger partial charge in [0.25, 0.3) is 0 Å². The van der Waals surface area contributed by atoms with Gasteiger partial charge in [0.1, 0.15) is 0 Å². The summed E-state index contributed by atoms with van der Waals surface area (Å²) >= 11 is 0. The Morgan fingerprint density at radius 1 is 1.75 bits per heavy atom. The van der Waals surface area contributed by atoms with Crippen molar-refractivity contribution in [3.05, 3.63) is 17.7 Å². The molecule has 0 amide bonds. The van der Waals surface area contributed by atoms with Crippen molar-refractivity contribution < 1.29 is 9.53 Å². The number of aryl methyl sites for hydroxylation is 1. The summed E-state index contributed by atoms with van der Waals surface area (Å²) in [6.45, 7) is 0.972. The molecule has 0 saturated carbocycles. The summed E-state index contributed by atoms with van der Waals surface area (Å²) in [5, 5.41) is 0. The highest BCUT2D eigenvalue weighted by Gasteiger charge is 2.21. The Morgan fingerprint density at radius 3 is 3.33 bits per heavy atom. The number of imidazole rings is 1. The van der Waals surface area contributed by atoms with Gasteiger partial charge in [-0.25, -0.2) is 9.78 Å². The summed E-state index contributed by atoms with van der Waals surface area (Å²) in [7, 11) is 1.38. The van der Waals surface area contributed by atoms with Crippen molar-refractivity contribution in [2.45, 2.75) is 19.4 Å². The van der Waals surface area contributed by atoms with Crippen LogP contribution in [0.2, 0.25) is 0 Å². The van der Waals surface area contributed by atoms with Crippen LogP contribution < -0.4 is 0 Å². The van der Waals surface area contributed by atoms with E-state index in [-0.39, 0.29) is 5.97 Å². The highest BCUT2D eigenvalue weighted by molar-refractivity contribution is 5.88. The molecule has 0 unspecified atom stereocenters. The van der Waals surface area contributed by atoms with Gasteiger partial charge in [-0.2, -0.15) is 0 Å². The van der Waals surface area contributed by atoms with E-state index in [2.05, 4.69) is 9.72 Å². The molecule has 64 valence electrons. The first-order valence-corrected chi connectivity index (χ1v) is 3.95. The van der Waals surface area contributed by atoms with Gasteiger partial charge in [0, 0.05) is 6.54 Å². The maximum Gasteiger partial charge on any atom is 0.358 e. The van der Waals surface area contributed by atoms with Crippen LogP contribution in [0.1, 0.15) is 22.6 Å². The second-order valence-electron chi connectivity index (χ2n) is 2.83. The van der Waals surface area contributed by atoms with Crippen molar-refractivity contribution in [2.75, 3.05) is 7.11 Å². The third-order valence-corrected chi connectivity index (χ3v) is 2.14. The fourth-order valence-corrected chi connectivity index (χ4v) is 1.55. The van der Waals surface area contributed by atoms with Gasteiger partial charge in [-0.3, -0.25) is 0 Å². The molecule has 1 aromatic rings.